The minimum atomic E-state index is -0.230. The van der Waals surface area contributed by atoms with E-state index >= 15 is 0 Å². The van der Waals surface area contributed by atoms with Crippen molar-refractivity contribution >= 4 is 29.1 Å². The van der Waals surface area contributed by atoms with Crippen LogP contribution in [0.4, 0.5) is 5.69 Å². The van der Waals surface area contributed by atoms with Crippen LogP contribution in [0.15, 0.2) is 18.2 Å². The minimum Gasteiger partial charge on any atom is -0.345 e. The van der Waals surface area contributed by atoms with Crippen LogP contribution in [0.5, 0.6) is 0 Å². The lowest BCUT2D eigenvalue weighted by Gasteiger charge is -2.17. The fraction of sp³-hybridized carbons (Fsp3) is 0.467. The number of anilines is 1. The summed E-state index contributed by atoms with van der Waals surface area (Å²) in [6, 6.07) is 4.56. The van der Waals surface area contributed by atoms with Gasteiger partial charge in [0.15, 0.2) is 0 Å². The van der Waals surface area contributed by atoms with Crippen LogP contribution in [-0.4, -0.2) is 36.9 Å². The van der Waals surface area contributed by atoms with Gasteiger partial charge in [-0.1, -0.05) is 25.4 Å². The van der Waals surface area contributed by atoms with E-state index in [-0.39, 0.29) is 30.2 Å². The van der Waals surface area contributed by atoms with E-state index in [4.69, 9.17) is 17.3 Å². The molecule has 116 valence electrons. The SMILES string of the molecule is CC(C)C(N)CC(=O)Nc1cc(Cl)ccc1C(=O)N(C)C. The molecule has 5 nitrogen and oxygen atoms in total. The summed E-state index contributed by atoms with van der Waals surface area (Å²) < 4.78 is 0. The Balaban J connectivity index is 2.94. The first-order valence-corrected chi connectivity index (χ1v) is 7.16. The molecule has 0 fully saturated rings. The van der Waals surface area contributed by atoms with Crippen LogP contribution in [0.2, 0.25) is 5.02 Å². The van der Waals surface area contributed by atoms with Crippen molar-refractivity contribution in [2.75, 3.05) is 19.4 Å². The molecule has 0 heterocycles. The number of nitrogens with zero attached hydrogens (tertiary/aromatic N) is 1. The van der Waals surface area contributed by atoms with Gasteiger partial charge in [0.2, 0.25) is 5.91 Å². The van der Waals surface area contributed by atoms with E-state index in [1.807, 2.05) is 13.8 Å². The zero-order valence-corrected chi connectivity index (χ0v) is 13.6. The van der Waals surface area contributed by atoms with Gasteiger partial charge in [-0.25, -0.2) is 0 Å². The van der Waals surface area contributed by atoms with E-state index < -0.39 is 0 Å². The van der Waals surface area contributed by atoms with Crippen LogP contribution in [0.25, 0.3) is 0 Å². The highest BCUT2D eigenvalue weighted by Crippen LogP contribution is 2.22. The minimum absolute atomic E-state index is 0.194. The fourth-order valence-corrected chi connectivity index (χ4v) is 1.87. The average Bonchev–Trinajstić information content (AvgIpc) is 2.37. The van der Waals surface area contributed by atoms with Gasteiger partial charge >= 0.3 is 0 Å². The standard InChI is InChI=1S/C15H22ClN3O2/c1-9(2)12(17)8-14(20)18-13-7-10(16)5-6-11(13)15(21)19(3)4/h5-7,9,12H,8,17H2,1-4H3,(H,18,20). The van der Waals surface area contributed by atoms with Gasteiger partial charge in [-0.3, -0.25) is 9.59 Å². The van der Waals surface area contributed by atoms with Crippen LogP contribution in [0.1, 0.15) is 30.6 Å². The summed E-state index contributed by atoms with van der Waals surface area (Å²) in [5.41, 5.74) is 6.69. The number of halogens is 1. The maximum atomic E-state index is 12.1. The van der Waals surface area contributed by atoms with Gasteiger partial charge in [0.25, 0.3) is 5.91 Å². The van der Waals surface area contributed by atoms with Crippen LogP contribution in [-0.2, 0) is 4.79 Å². The van der Waals surface area contributed by atoms with E-state index in [0.29, 0.717) is 16.3 Å². The Bertz CT molecular complexity index is 530. The van der Waals surface area contributed by atoms with E-state index in [1.54, 1.807) is 32.3 Å². The Morgan fingerprint density at radius 3 is 2.48 bits per heavy atom. The predicted molar refractivity (Wildman–Crippen MR) is 85.5 cm³/mol. The second-order valence-corrected chi connectivity index (χ2v) is 5.99. The van der Waals surface area contributed by atoms with Gasteiger partial charge in [-0.05, 0) is 24.1 Å². The molecule has 0 spiro atoms. The van der Waals surface area contributed by atoms with Crippen molar-refractivity contribution in [3.63, 3.8) is 0 Å². The predicted octanol–water partition coefficient (Wildman–Crippen LogP) is 2.35. The first-order chi connectivity index (χ1) is 9.72. The number of benzene rings is 1. The third-order valence-electron chi connectivity index (χ3n) is 3.17. The molecule has 1 atom stereocenters. The molecule has 0 aliphatic rings. The summed E-state index contributed by atoms with van der Waals surface area (Å²) >= 11 is 5.94. The molecule has 1 unspecified atom stereocenters. The smallest absolute Gasteiger partial charge is 0.255 e. The zero-order valence-electron chi connectivity index (χ0n) is 12.8. The largest absolute Gasteiger partial charge is 0.345 e. The third kappa shape index (κ3) is 5.02. The van der Waals surface area contributed by atoms with Crippen LogP contribution < -0.4 is 11.1 Å². The van der Waals surface area contributed by atoms with E-state index in [2.05, 4.69) is 5.32 Å². The number of rotatable bonds is 5. The van der Waals surface area contributed by atoms with Gasteiger partial charge in [-0.15, -0.1) is 0 Å². The molecule has 1 aromatic carbocycles. The molecule has 0 saturated heterocycles. The number of carbonyl (C=O) groups is 2. The fourth-order valence-electron chi connectivity index (χ4n) is 1.70. The Morgan fingerprint density at radius 2 is 1.95 bits per heavy atom. The highest BCUT2D eigenvalue weighted by molar-refractivity contribution is 6.31. The average molecular weight is 312 g/mol. The van der Waals surface area contributed by atoms with Crippen molar-refractivity contribution in [3.05, 3.63) is 28.8 Å². The highest BCUT2D eigenvalue weighted by Gasteiger charge is 2.18. The van der Waals surface area contributed by atoms with Crippen LogP contribution in [0.3, 0.4) is 0 Å². The number of carbonyl (C=O) groups excluding carboxylic acids is 2. The number of amides is 2. The molecule has 0 bridgehead atoms. The molecule has 0 aromatic heterocycles. The van der Waals surface area contributed by atoms with Gasteiger partial charge in [-0.2, -0.15) is 0 Å². The molecule has 1 rings (SSSR count). The van der Waals surface area contributed by atoms with Crippen LogP contribution in [0, 0.1) is 5.92 Å². The Kier molecular flexibility index (Phi) is 6.18. The van der Waals surface area contributed by atoms with Crippen molar-refractivity contribution in [1.82, 2.24) is 4.90 Å². The van der Waals surface area contributed by atoms with Crippen molar-refractivity contribution in [3.8, 4) is 0 Å². The monoisotopic (exact) mass is 311 g/mol. The van der Waals surface area contributed by atoms with Crippen molar-refractivity contribution in [2.24, 2.45) is 11.7 Å². The summed E-state index contributed by atoms with van der Waals surface area (Å²) in [5, 5.41) is 3.17. The first kappa shape index (κ1) is 17.5. The molecule has 0 saturated carbocycles. The summed E-state index contributed by atoms with van der Waals surface area (Å²) in [4.78, 5) is 25.6. The number of hydrogen-bond acceptors (Lipinski definition) is 3. The molecule has 1 aromatic rings. The maximum Gasteiger partial charge on any atom is 0.255 e. The molecular weight excluding hydrogens is 290 g/mol. The topological polar surface area (TPSA) is 75.4 Å². The maximum absolute atomic E-state index is 12.1. The van der Waals surface area contributed by atoms with Gasteiger partial charge < -0.3 is 16.0 Å². The first-order valence-electron chi connectivity index (χ1n) is 6.79. The number of nitrogens with one attached hydrogen (secondary N) is 1. The normalized spacial score (nSPS) is 12.1. The second-order valence-electron chi connectivity index (χ2n) is 5.55. The summed E-state index contributed by atoms with van der Waals surface area (Å²) in [6.45, 7) is 3.91. The number of nitrogens with two attached hydrogens (primary N) is 1. The molecule has 3 N–H and O–H groups in total. The Morgan fingerprint density at radius 1 is 1.33 bits per heavy atom. The van der Waals surface area contributed by atoms with Gasteiger partial charge in [0.1, 0.15) is 0 Å². The van der Waals surface area contributed by atoms with Gasteiger partial charge in [0.05, 0.1) is 11.3 Å². The van der Waals surface area contributed by atoms with E-state index in [0.717, 1.165) is 0 Å². The molecule has 0 aliphatic heterocycles. The second kappa shape index (κ2) is 7.43. The van der Waals surface area contributed by atoms with E-state index in [9.17, 15) is 9.59 Å². The molecule has 0 aliphatic carbocycles. The van der Waals surface area contributed by atoms with Crippen molar-refractivity contribution in [2.45, 2.75) is 26.3 Å². The summed E-state index contributed by atoms with van der Waals surface area (Å²) in [5.74, 6) is -0.223. The van der Waals surface area contributed by atoms with Crippen LogP contribution >= 0.6 is 11.6 Å². The molecule has 21 heavy (non-hydrogen) atoms. The summed E-state index contributed by atoms with van der Waals surface area (Å²) in [6.07, 6.45) is 0.194. The molecule has 6 heteroatoms. The molecular formula is C15H22ClN3O2. The lowest BCUT2D eigenvalue weighted by molar-refractivity contribution is -0.116. The van der Waals surface area contributed by atoms with E-state index in [1.165, 1.54) is 4.90 Å². The zero-order chi connectivity index (χ0) is 16.2. The Labute approximate surface area is 130 Å². The van der Waals surface area contributed by atoms with Gasteiger partial charge in [0, 0.05) is 31.6 Å². The Hall–Kier alpha value is -1.59. The lowest BCUT2D eigenvalue weighted by atomic mass is 10.0. The lowest BCUT2D eigenvalue weighted by Crippen LogP contribution is -2.32. The quantitative estimate of drug-likeness (QED) is 0.876. The number of hydrogen-bond donors (Lipinski definition) is 2. The molecule has 2 amide bonds. The van der Waals surface area contributed by atoms with Crippen molar-refractivity contribution in [1.29, 1.82) is 0 Å². The third-order valence-corrected chi connectivity index (χ3v) is 3.40. The summed E-state index contributed by atoms with van der Waals surface area (Å²) in [7, 11) is 3.30. The highest BCUT2D eigenvalue weighted by atomic mass is 35.5. The van der Waals surface area contributed by atoms with Crippen molar-refractivity contribution < 1.29 is 9.59 Å². The molecule has 0 radical (unpaired) electrons.